The van der Waals surface area contributed by atoms with E-state index in [9.17, 15) is 4.39 Å². The second-order valence-electron chi connectivity index (χ2n) is 6.64. The normalized spacial score (nSPS) is 17.5. The SMILES string of the molecule is CN=C(NCc1ccc(-n2ccnc2C)c(F)c1)N(C)CC1CCOC1. The topological polar surface area (TPSA) is 54.7 Å². The molecular weight excluding hydrogens is 333 g/mol. The fraction of sp³-hybridized carbons (Fsp3) is 0.474. The zero-order chi connectivity index (χ0) is 18.5. The first-order valence-electron chi connectivity index (χ1n) is 8.86. The number of ether oxygens (including phenoxy) is 1. The molecule has 1 N–H and O–H groups in total. The van der Waals surface area contributed by atoms with Crippen molar-refractivity contribution in [1.29, 1.82) is 0 Å². The van der Waals surface area contributed by atoms with Crippen LogP contribution in [-0.2, 0) is 11.3 Å². The lowest BCUT2D eigenvalue weighted by molar-refractivity contribution is 0.181. The van der Waals surface area contributed by atoms with Crippen molar-refractivity contribution in [2.45, 2.75) is 19.9 Å². The van der Waals surface area contributed by atoms with Crippen molar-refractivity contribution in [3.05, 3.63) is 47.8 Å². The second-order valence-corrected chi connectivity index (χ2v) is 6.64. The van der Waals surface area contributed by atoms with Crippen LogP contribution in [0.4, 0.5) is 4.39 Å². The van der Waals surface area contributed by atoms with Crippen molar-refractivity contribution in [2.24, 2.45) is 10.9 Å². The summed E-state index contributed by atoms with van der Waals surface area (Å²) < 4.78 is 21.7. The maximum absolute atomic E-state index is 14.5. The predicted molar refractivity (Wildman–Crippen MR) is 100 cm³/mol. The molecular formula is C19H26FN5O. The average Bonchev–Trinajstić information content (AvgIpc) is 3.27. The summed E-state index contributed by atoms with van der Waals surface area (Å²) >= 11 is 0. The van der Waals surface area contributed by atoms with Crippen molar-refractivity contribution in [3.8, 4) is 5.69 Å². The third-order valence-electron chi connectivity index (χ3n) is 4.68. The highest BCUT2D eigenvalue weighted by Crippen LogP contribution is 2.17. The summed E-state index contributed by atoms with van der Waals surface area (Å²) in [4.78, 5) is 10.6. The van der Waals surface area contributed by atoms with E-state index in [1.54, 1.807) is 36.1 Å². The summed E-state index contributed by atoms with van der Waals surface area (Å²) in [5, 5.41) is 3.30. The standard InChI is InChI=1S/C19H26FN5O/c1-14-22-7-8-25(14)18-5-4-15(10-17(18)20)11-23-19(21-2)24(3)12-16-6-9-26-13-16/h4-5,7-8,10,16H,6,9,11-13H2,1-3H3,(H,21,23). The highest BCUT2D eigenvalue weighted by Gasteiger charge is 2.19. The van der Waals surface area contributed by atoms with E-state index in [4.69, 9.17) is 4.74 Å². The van der Waals surface area contributed by atoms with Gasteiger partial charge in [0.15, 0.2) is 5.96 Å². The fourth-order valence-electron chi connectivity index (χ4n) is 3.26. The molecule has 3 rings (SSSR count). The van der Waals surface area contributed by atoms with E-state index in [0.29, 0.717) is 18.2 Å². The van der Waals surface area contributed by atoms with Crippen molar-refractivity contribution in [2.75, 3.05) is 33.9 Å². The van der Waals surface area contributed by atoms with Gasteiger partial charge in [-0.1, -0.05) is 6.07 Å². The number of aliphatic imine (C=N–C) groups is 1. The van der Waals surface area contributed by atoms with Gasteiger partial charge in [0.2, 0.25) is 0 Å². The molecule has 26 heavy (non-hydrogen) atoms. The number of nitrogens with one attached hydrogen (secondary N) is 1. The Morgan fingerprint density at radius 2 is 2.35 bits per heavy atom. The molecule has 6 nitrogen and oxygen atoms in total. The molecule has 140 valence electrons. The Balaban J connectivity index is 1.61. The Morgan fingerprint density at radius 1 is 1.50 bits per heavy atom. The number of aromatic nitrogens is 2. The van der Waals surface area contributed by atoms with Crippen molar-refractivity contribution < 1.29 is 9.13 Å². The van der Waals surface area contributed by atoms with Crippen LogP contribution in [0.25, 0.3) is 5.69 Å². The van der Waals surface area contributed by atoms with E-state index in [1.807, 2.05) is 20.0 Å². The van der Waals surface area contributed by atoms with Gasteiger partial charge in [-0.2, -0.15) is 0 Å². The number of benzene rings is 1. The lowest BCUT2D eigenvalue weighted by Gasteiger charge is -2.24. The van der Waals surface area contributed by atoms with Crippen molar-refractivity contribution in [3.63, 3.8) is 0 Å². The maximum atomic E-state index is 14.5. The van der Waals surface area contributed by atoms with Crippen LogP contribution in [-0.4, -0.2) is 54.3 Å². The largest absolute Gasteiger partial charge is 0.381 e. The summed E-state index contributed by atoms with van der Waals surface area (Å²) in [5.74, 6) is 1.82. The Morgan fingerprint density at radius 3 is 2.96 bits per heavy atom. The summed E-state index contributed by atoms with van der Waals surface area (Å²) in [6.07, 6.45) is 4.51. The number of aryl methyl sites for hydroxylation is 1. The molecule has 0 bridgehead atoms. The minimum absolute atomic E-state index is 0.267. The van der Waals surface area contributed by atoms with Crippen LogP contribution in [0.15, 0.2) is 35.6 Å². The minimum Gasteiger partial charge on any atom is -0.381 e. The van der Waals surface area contributed by atoms with E-state index in [2.05, 4.69) is 20.2 Å². The maximum Gasteiger partial charge on any atom is 0.193 e. The first kappa shape index (κ1) is 18.4. The lowest BCUT2D eigenvalue weighted by atomic mass is 10.1. The number of hydrogen-bond donors (Lipinski definition) is 1. The van der Waals surface area contributed by atoms with Gasteiger partial charge in [0.05, 0.1) is 12.3 Å². The van der Waals surface area contributed by atoms with Crippen molar-refractivity contribution in [1.82, 2.24) is 19.8 Å². The van der Waals surface area contributed by atoms with Crippen LogP contribution in [0.2, 0.25) is 0 Å². The molecule has 7 heteroatoms. The molecule has 1 saturated heterocycles. The van der Waals surface area contributed by atoms with Gasteiger partial charge >= 0.3 is 0 Å². The zero-order valence-corrected chi connectivity index (χ0v) is 15.6. The fourth-order valence-corrected chi connectivity index (χ4v) is 3.26. The lowest BCUT2D eigenvalue weighted by Crippen LogP contribution is -2.41. The van der Waals surface area contributed by atoms with Gasteiger partial charge in [0, 0.05) is 52.1 Å². The highest BCUT2D eigenvalue weighted by molar-refractivity contribution is 5.79. The molecule has 1 fully saturated rings. The van der Waals surface area contributed by atoms with Gasteiger partial charge < -0.3 is 19.5 Å². The monoisotopic (exact) mass is 359 g/mol. The number of nitrogens with zero attached hydrogens (tertiary/aromatic N) is 4. The molecule has 1 aliphatic heterocycles. The molecule has 2 heterocycles. The smallest absolute Gasteiger partial charge is 0.193 e. The first-order chi connectivity index (χ1) is 12.6. The zero-order valence-electron chi connectivity index (χ0n) is 15.6. The summed E-state index contributed by atoms with van der Waals surface area (Å²) in [7, 11) is 3.77. The van der Waals surface area contributed by atoms with Gasteiger partial charge in [0.1, 0.15) is 11.6 Å². The van der Waals surface area contributed by atoms with Gasteiger partial charge in [-0.05, 0) is 31.0 Å². The Hall–Kier alpha value is -2.41. The first-order valence-corrected chi connectivity index (χ1v) is 8.86. The molecule has 1 aliphatic rings. The highest BCUT2D eigenvalue weighted by atomic mass is 19.1. The second kappa shape index (κ2) is 8.31. The predicted octanol–water partition coefficient (Wildman–Crippen LogP) is 2.36. The van der Waals surface area contributed by atoms with Crippen LogP contribution in [0.5, 0.6) is 0 Å². The number of guanidine groups is 1. The molecule has 1 aromatic carbocycles. The molecule has 0 aliphatic carbocycles. The molecule has 0 saturated carbocycles. The van der Waals surface area contributed by atoms with Crippen LogP contribution in [0.1, 0.15) is 17.8 Å². The molecule has 2 aromatic rings. The van der Waals surface area contributed by atoms with Gasteiger partial charge in [0.25, 0.3) is 0 Å². The number of halogens is 1. The quantitative estimate of drug-likeness (QED) is 0.658. The Labute approximate surface area is 153 Å². The molecule has 1 unspecified atom stereocenters. The van der Waals surface area contributed by atoms with Crippen LogP contribution in [0, 0.1) is 18.7 Å². The molecule has 0 radical (unpaired) electrons. The summed E-state index contributed by atoms with van der Waals surface area (Å²) in [6.45, 7) is 4.91. The third-order valence-corrected chi connectivity index (χ3v) is 4.68. The molecule has 1 aromatic heterocycles. The van der Waals surface area contributed by atoms with Gasteiger partial charge in [-0.15, -0.1) is 0 Å². The van der Waals surface area contributed by atoms with E-state index in [-0.39, 0.29) is 5.82 Å². The Kier molecular flexibility index (Phi) is 5.88. The number of hydrogen-bond acceptors (Lipinski definition) is 3. The van der Waals surface area contributed by atoms with Crippen LogP contribution >= 0.6 is 0 Å². The van der Waals surface area contributed by atoms with Crippen LogP contribution < -0.4 is 5.32 Å². The Bertz CT molecular complexity index is 767. The van der Waals surface area contributed by atoms with Gasteiger partial charge in [-0.25, -0.2) is 9.37 Å². The number of rotatable bonds is 5. The average molecular weight is 359 g/mol. The van der Waals surface area contributed by atoms with E-state index >= 15 is 0 Å². The summed E-state index contributed by atoms with van der Waals surface area (Å²) in [5.41, 5.74) is 1.37. The minimum atomic E-state index is -0.267. The van der Waals surface area contributed by atoms with Crippen molar-refractivity contribution >= 4 is 5.96 Å². The van der Waals surface area contributed by atoms with E-state index < -0.39 is 0 Å². The summed E-state index contributed by atoms with van der Waals surface area (Å²) in [6, 6.07) is 5.26. The molecule has 0 amide bonds. The van der Waals surface area contributed by atoms with Gasteiger partial charge in [-0.3, -0.25) is 4.99 Å². The number of imidazole rings is 1. The third kappa shape index (κ3) is 4.22. The van der Waals surface area contributed by atoms with E-state index in [1.165, 1.54) is 0 Å². The molecule has 1 atom stereocenters. The molecule has 0 spiro atoms. The van der Waals surface area contributed by atoms with Crippen LogP contribution in [0.3, 0.4) is 0 Å². The van der Waals surface area contributed by atoms with E-state index in [0.717, 1.165) is 43.5 Å².